The summed E-state index contributed by atoms with van der Waals surface area (Å²) in [5.74, 6) is -0.500. The Kier molecular flexibility index (Phi) is 7.99. The number of benzene rings is 2. The summed E-state index contributed by atoms with van der Waals surface area (Å²) in [7, 11) is 1.30. The zero-order valence-corrected chi connectivity index (χ0v) is 20.2. The van der Waals surface area contributed by atoms with Gasteiger partial charge in [0.1, 0.15) is 0 Å². The molecule has 0 bridgehead atoms. The molecule has 1 aliphatic rings. The molecule has 1 aliphatic heterocycles. The summed E-state index contributed by atoms with van der Waals surface area (Å²) < 4.78 is 11.8. The molecule has 0 saturated carbocycles. The normalized spacial score (nSPS) is 14.3. The number of aromatic nitrogens is 2. The van der Waals surface area contributed by atoms with E-state index in [1.165, 1.54) is 18.9 Å². The molecule has 8 nitrogen and oxygen atoms in total. The Labute approximate surface area is 205 Å². The van der Waals surface area contributed by atoms with E-state index in [0.717, 1.165) is 13.1 Å². The molecule has 0 amide bonds. The van der Waals surface area contributed by atoms with Crippen molar-refractivity contribution in [1.82, 2.24) is 14.5 Å². The molecule has 0 unspecified atom stereocenters. The number of hydrogen-bond donors (Lipinski definition) is 0. The minimum absolute atomic E-state index is 0.0981. The van der Waals surface area contributed by atoms with Crippen LogP contribution in [0.4, 0.5) is 0 Å². The molecule has 1 saturated heterocycles. The van der Waals surface area contributed by atoms with Crippen LogP contribution < -0.4 is 5.56 Å². The number of nitrogens with zero attached hydrogens (tertiary/aromatic N) is 3. The molecule has 178 valence electrons. The highest BCUT2D eigenvalue weighted by Crippen LogP contribution is 2.21. The summed E-state index contributed by atoms with van der Waals surface area (Å²) in [6.07, 6.45) is 0. The number of ketones is 1. The average molecular weight is 502 g/mol. The van der Waals surface area contributed by atoms with Crippen LogP contribution in [0, 0.1) is 0 Å². The number of carbonyl (C=O) groups is 2. The van der Waals surface area contributed by atoms with Crippen LogP contribution in [0.25, 0.3) is 10.9 Å². The van der Waals surface area contributed by atoms with Gasteiger partial charge in [0.05, 0.1) is 42.5 Å². The Morgan fingerprint density at radius 3 is 2.50 bits per heavy atom. The molecule has 1 aromatic heterocycles. The van der Waals surface area contributed by atoms with Gasteiger partial charge in [0, 0.05) is 36.8 Å². The van der Waals surface area contributed by atoms with E-state index in [1.54, 1.807) is 47.0 Å². The monoisotopic (exact) mass is 501 g/mol. The number of halogens is 1. The minimum atomic E-state index is -0.507. The summed E-state index contributed by atoms with van der Waals surface area (Å²) >= 11 is 7.12. The van der Waals surface area contributed by atoms with E-state index in [-0.39, 0.29) is 17.1 Å². The molecule has 4 rings (SSSR count). The largest absolute Gasteiger partial charge is 0.465 e. The quantitative estimate of drug-likeness (QED) is 0.201. The van der Waals surface area contributed by atoms with Crippen LogP contribution >= 0.6 is 23.4 Å². The van der Waals surface area contributed by atoms with Crippen LogP contribution in [0.3, 0.4) is 0 Å². The third kappa shape index (κ3) is 5.67. The van der Waals surface area contributed by atoms with E-state index in [2.05, 4.69) is 9.88 Å². The SMILES string of the molecule is COC(=O)c1ccc2c(=O)n(CCN3CCOCC3)c(SCC(=O)c3ccc(Cl)cc3)nc2c1. The molecule has 0 spiro atoms. The summed E-state index contributed by atoms with van der Waals surface area (Å²) in [4.78, 5) is 44.9. The first-order valence-corrected chi connectivity index (χ1v) is 12.2. The van der Waals surface area contributed by atoms with Crippen molar-refractivity contribution < 1.29 is 19.1 Å². The summed E-state index contributed by atoms with van der Waals surface area (Å²) in [5.41, 5.74) is 1.02. The van der Waals surface area contributed by atoms with Crippen molar-refractivity contribution in [3.05, 3.63) is 69.0 Å². The van der Waals surface area contributed by atoms with Crippen LogP contribution in [0.5, 0.6) is 0 Å². The highest BCUT2D eigenvalue weighted by molar-refractivity contribution is 7.99. The number of esters is 1. The van der Waals surface area contributed by atoms with E-state index >= 15 is 0 Å². The first kappa shape index (κ1) is 24.4. The van der Waals surface area contributed by atoms with E-state index < -0.39 is 5.97 Å². The molecule has 0 aliphatic carbocycles. The van der Waals surface area contributed by atoms with Crippen molar-refractivity contribution in [3.63, 3.8) is 0 Å². The molecular weight excluding hydrogens is 478 g/mol. The topological polar surface area (TPSA) is 90.7 Å². The smallest absolute Gasteiger partial charge is 0.337 e. The first-order chi connectivity index (χ1) is 16.5. The third-order valence-corrected chi connectivity index (χ3v) is 6.81. The number of rotatable bonds is 8. The predicted octanol–water partition coefficient (Wildman–Crippen LogP) is 3.14. The summed E-state index contributed by atoms with van der Waals surface area (Å²) in [5, 5.41) is 1.39. The highest BCUT2D eigenvalue weighted by Gasteiger charge is 2.18. The maximum atomic E-state index is 13.4. The van der Waals surface area contributed by atoms with Crippen molar-refractivity contribution in [3.8, 4) is 0 Å². The number of hydrogen-bond acceptors (Lipinski definition) is 8. The van der Waals surface area contributed by atoms with Gasteiger partial charge in [-0.25, -0.2) is 9.78 Å². The van der Waals surface area contributed by atoms with Crippen LogP contribution in [-0.4, -0.2) is 71.9 Å². The Bertz CT molecular complexity index is 1260. The Morgan fingerprint density at radius 2 is 1.79 bits per heavy atom. The molecule has 10 heteroatoms. The minimum Gasteiger partial charge on any atom is -0.465 e. The number of methoxy groups -OCH3 is 1. The van der Waals surface area contributed by atoms with E-state index in [9.17, 15) is 14.4 Å². The molecule has 1 fully saturated rings. The predicted molar refractivity (Wildman–Crippen MR) is 131 cm³/mol. The zero-order chi connectivity index (χ0) is 24.1. The summed E-state index contributed by atoms with van der Waals surface area (Å²) in [6.45, 7) is 4.02. The van der Waals surface area contributed by atoms with Gasteiger partial charge in [-0.1, -0.05) is 23.4 Å². The molecule has 2 heterocycles. The van der Waals surface area contributed by atoms with Gasteiger partial charge in [-0.2, -0.15) is 0 Å². The van der Waals surface area contributed by atoms with Gasteiger partial charge >= 0.3 is 5.97 Å². The van der Waals surface area contributed by atoms with Crippen LogP contribution in [0.2, 0.25) is 5.02 Å². The third-order valence-electron chi connectivity index (χ3n) is 5.58. The van der Waals surface area contributed by atoms with Gasteiger partial charge < -0.3 is 9.47 Å². The maximum absolute atomic E-state index is 13.4. The fraction of sp³-hybridized carbons (Fsp3) is 0.333. The van der Waals surface area contributed by atoms with Crippen LogP contribution in [-0.2, 0) is 16.0 Å². The van der Waals surface area contributed by atoms with Gasteiger partial charge in [0.15, 0.2) is 10.9 Å². The van der Waals surface area contributed by atoms with Crippen molar-refractivity contribution in [2.24, 2.45) is 0 Å². The Morgan fingerprint density at radius 1 is 1.09 bits per heavy atom. The van der Waals surface area contributed by atoms with Gasteiger partial charge in [0.25, 0.3) is 5.56 Å². The molecule has 0 radical (unpaired) electrons. The lowest BCUT2D eigenvalue weighted by atomic mass is 10.1. The van der Waals surface area contributed by atoms with E-state index in [0.29, 0.717) is 58.5 Å². The number of morpholine rings is 1. The lowest BCUT2D eigenvalue weighted by Gasteiger charge is -2.27. The molecular formula is C24H24ClN3O5S. The van der Waals surface area contributed by atoms with Crippen molar-refractivity contribution in [1.29, 1.82) is 0 Å². The van der Waals surface area contributed by atoms with Gasteiger partial charge in [0.2, 0.25) is 0 Å². The van der Waals surface area contributed by atoms with Gasteiger partial charge in [-0.15, -0.1) is 0 Å². The Hall–Kier alpha value is -2.72. The molecule has 34 heavy (non-hydrogen) atoms. The van der Waals surface area contributed by atoms with E-state index in [4.69, 9.17) is 21.1 Å². The molecule has 3 aromatic rings. The molecule has 0 atom stereocenters. The summed E-state index contributed by atoms with van der Waals surface area (Å²) in [6, 6.07) is 11.4. The van der Waals surface area contributed by atoms with Gasteiger partial charge in [-0.05, 0) is 42.5 Å². The van der Waals surface area contributed by atoms with Crippen molar-refractivity contribution in [2.45, 2.75) is 11.7 Å². The lowest BCUT2D eigenvalue weighted by molar-refractivity contribution is 0.0359. The van der Waals surface area contributed by atoms with E-state index in [1.807, 2.05) is 0 Å². The fourth-order valence-corrected chi connectivity index (χ4v) is 4.71. The van der Waals surface area contributed by atoms with Gasteiger partial charge in [-0.3, -0.25) is 19.1 Å². The number of Topliss-reactive ketones (excluding diaryl/α,β-unsaturated/α-hetero) is 1. The number of ether oxygens (including phenoxy) is 2. The van der Waals surface area contributed by atoms with Crippen LogP contribution in [0.1, 0.15) is 20.7 Å². The van der Waals surface area contributed by atoms with Crippen LogP contribution in [0.15, 0.2) is 52.4 Å². The Balaban J connectivity index is 1.64. The maximum Gasteiger partial charge on any atom is 0.337 e. The number of thioether (sulfide) groups is 1. The first-order valence-electron chi connectivity index (χ1n) is 10.8. The molecule has 0 N–H and O–H groups in total. The fourth-order valence-electron chi connectivity index (χ4n) is 3.67. The lowest BCUT2D eigenvalue weighted by Crippen LogP contribution is -2.39. The average Bonchev–Trinajstić information content (AvgIpc) is 2.87. The number of carbonyl (C=O) groups excluding carboxylic acids is 2. The van der Waals surface area contributed by atoms with Crippen molar-refractivity contribution >= 4 is 46.0 Å². The second-order valence-corrected chi connectivity index (χ2v) is 9.13. The highest BCUT2D eigenvalue weighted by atomic mass is 35.5. The zero-order valence-electron chi connectivity index (χ0n) is 18.7. The van der Waals surface area contributed by atoms with Crippen molar-refractivity contribution in [2.75, 3.05) is 45.7 Å². The second-order valence-electron chi connectivity index (χ2n) is 7.75. The second kappa shape index (κ2) is 11.1. The number of fused-ring (bicyclic) bond motifs is 1. The molecule has 2 aromatic carbocycles. The standard InChI is InChI=1S/C24H24ClN3O5S/c1-32-23(31)17-4-7-19-20(14-17)26-24(34-15-21(29)16-2-5-18(25)6-3-16)28(22(19)30)9-8-27-10-12-33-13-11-27/h2-7,14H,8-13,15H2,1H3.